The van der Waals surface area contributed by atoms with E-state index in [9.17, 15) is 14.4 Å². The van der Waals surface area contributed by atoms with E-state index in [0.717, 1.165) is 26.2 Å². The van der Waals surface area contributed by atoms with Gasteiger partial charge in [0.1, 0.15) is 6.04 Å². The first kappa shape index (κ1) is 27.8. The van der Waals surface area contributed by atoms with Gasteiger partial charge in [0.05, 0.1) is 29.7 Å². The second-order valence-corrected chi connectivity index (χ2v) is 10.6. The minimum atomic E-state index is -0.856. The number of para-hydroxylation sites is 1. The molecule has 0 radical (unpaired) electrons. The van der Waals surface area contributed by atoms with Gasteiger partial charge in [-0.2, -0.15) is 0 Å². The summed E-state index contributed by atoms with van der Waals surface area (Å²) in [5.74, 6) is -0.816. The molecule has 0 aliphatic carbocycles. The molecule has 3 amide bonds. The van der Waals surface area contributed by atoms with Gasteiger partial charge in [-0.05, 0) is 23.3 Å². The van der Waals surface area contributed by atoms with Crippen LogP contribution in [0, 0.1) is 0 Å². The molecule has 5 rings (SSSR count). The van der Waals surface area contributed by atoms with Crippen molar-refractivity contribution < 1.29 is 14.4 Å². The van der Waals surface area contributed by atoms with Gasteiger partial charge in [0.15, 0.2) is 0 Å². The first-order valence-electron chi connectivity index (χ1n) is 13.7. The van der Waals surface area contributed by atoms with Crippen LogP contribution in [0.25, 0.3) is 0 Å². The molecule has 2 aliphatic heterocycles. The van der Waals surface area contributed by atoms with Crippen LogP contribution in [0.15, 0.2) is 84.9 Å². The topological polar surface area (TPSA) is 85.0 Å². The molecule has 0 unspecified atom stereocenters. The van der Waals surface area contributed by atoms with Crippen molar-refractivity contribution in [3.8, 4) is 0 Å². The van der Waals surface area contributed by atoms with E-state index in [1.54, 1.807) is 29.2 Å². The third-order valence-electron chi connectivity index (χ3n) is 7.54. The highest BCUT2D eigenvalue weighted by molar-refractivity contribution is 6.33. The zero-order chi connectivity index (χ0) is 27.9. The maximum absolute atomic E-state index is 13.4. The Labute approximate surface area is 239 Å². The Kier molecular flexibility index (Phi) is 9.11. The summed E-state index contributed by atoms with van der Waals surface area (Å²) >= 11 is 6.16. The number of benzene rings is 3. The van der Waals surface area contributed by atoms with Gasteiger partial charge in [-0.15, -0.1) is 0 Å². The zero-order valence-corrected chi connectivity index (χ0v) is 23.1. The highest BCUT2D eigenvalue weighted by atomic mass is 35.5. The summed E-state index contributed by atoms with van der Waals surface area (Å²) in [5.41, 5.74) is 2.97. The summed E-state index contributed by atoms with van der Waals surface area (Å²) < 4.78 is 0. The molecule has 0 spiro atoms. The maximum Gasteiger partial charge on any atom is 0.243 e. The lowest BCUT2D eigenvalue weighted by molar-refractivity contribution is -0.145. The van der Waals surface area contributed by atoms with E-state index in [1.165, 1.54) is 11.1 Å². The standard InChI is InChI=1S/C31H34ClN5O3/c32-25-13-7-8-14-26(25)34-28(38)21-27-31(40)33-15-16-37(27)29(39)22-35-17-19-36(20-18-35)30(23-9-3-1-4-10-23)24-11-5-2-6-12-24/h1-14,27,30H,15-22H2,(H,33,40)(H,34,38)/t27-/m1/s1. The van der Waals surface area contributed by atoms with E-state index in [0.29, 0.717) is 23.8 Å². The number of carbonyl (C=O) groups excluding carboxylic acids is 3. The number of hydrogen-bond acceptors (Lipinski definition) is 5. The Morgan fingerprint density at radius 2 is 1.45 bits per heavy atom. The van der Waals surface area contributed by atoms with Crippen molar-refractivity contribution in [3.05, 3.63) is 101 Å². The number of nitrogens with zero attached hydrogens (tertiary/aromatic N) is 3. The summed E-state index contributed by atoms with van der Waals surface area (Å²) in [6.07, 6.45) is -0.133. The number of hydrogen-bond donors (Lipinski definition) is 2. The molecular weight excluding hydrogens is 526 g/mol. The van der Waals surface area contributed by atoms with Crippen molar-refractivity contribution in [2.75, 3.05) is 51.1 Å². The molecule has 2 N–H and O–H groups in total. The van der Waals surface area contributed by atoms with E-state index < -0.39 is 6.04 Å². The fraction of sp³-hybridized carbons (Fsp3) is 0.323. The average Bonchev–Trinajstić information content (AvgIpc) is 2.97. The number of carbonyl (C=O) groups is 3. The largest absolute Gasteiger partial charge is 0.353 e. The summed E-state index contributed by atoms with van der Waals surface area (Å²) in [5, 5.41) is 5.96. The number of anilines is 1. The highest BCUT2D eigenvalue weighted by Crippen LogP contribution is 2.29. The molecule has 9 heteroatoms. The molecule has 2 fully saturated rings. The van der Waals surface area contributed by atoms with Gasteiger partial charge in [-0.25, -0.2) is 0 Å². The van der Waals surface area contributed by atoms with Crippen LogP contribution in [-0.4, -0.2) is 84.3 Å². The van der Waals surface area contributed by atoms with Crippen LogP contribution < -0.4 is 10.6 Å². The van der Waals surface area contributed by atoms with E-state index in [2.05, 4.69) is 69.0 Å². The minimum absolute atomic E-state index is 0.133. The molecule has 2 saturated heterocycles. The smallest absolute Gasteiger partial charge is 0.243 e. The maximum atomic E-state index is 13.4. The third-order valence-corrected chi connectivity index (χ3v) is 7.87. The normalized spacial score (nSPS) is 18.4. The Balaban J connectivity index is 1.20. The number of halogens is 1. The fourth-order valence-electron chi connectivity index (χ4n) is 5.50. The minimum Gasteiger partial charge on any atom is -0.353 e. The molecule has 208 valence electrons. The Bertz CT molecular complexity index is 1280. The van der Waals surface area contributed by atoms with Crippen molar-refractivity contribution >= 4 is 35.0 Å². The predicted octanol–water partition coefficient (Wildman–Crippen LogP) is 3.40. The summed E-state index contributed by atoms with van der Waals surface area (Å²) in [7, 11) is 0. The van der Waals surface area contributed by atoms with E-state index >= 15 is 0 Å². The van der Waals surface area contributed by atoms with Crippen LogP contribution in [0.2, 0.25) is 5.02 Å². The second-order valence-electron chi connectivity index (χ2n) is 10.2. The predicted molar refractivity (Wildman–Crippen MR) is 156 cm³/mol. The number of nitrogens with one attached hydrogen (secondary N) is 2. The molecule has 1 atom stereocenters. The number of amides is 3. The van der Waals surface area contributed by atoms with Crippen LogP contribution >= 0.6 is 11.6 Å². The van der Waals surface area contributed by atoms with E-state index in [4.69, 9.17) is 11.6 Å². The fourth-order valence-corrected chi connectivity index (χ4v) is 5.69. The second kappa shape index (κ2) is 13.1. The first-order valence-corrected chi connectivity index (χ1v) is 14.1. The van der Waals surface area contributed by atoms with Crippen LogP contribution in [0.3, 0.4) is 0 Å². The molecule has 40 heavy (non-hydrogen) atoms. The van der Waals surface area contributed by atoms with Gasteiger partial charge in [-0.1, -0.05) is 84.4 Å². The van der Waals surface area contributed by atoms with Gasteiger partial charge in [0, 0.05) is 39.3 Å². The van der Waals surface area contributed by atoms with Crippen LogP contribution in [0.1, 0.15) is 23.6 Å². The van der Waals surface area contributed by atoms with Crippen LogP contribution in [-0.2, 0) is 14.4 Å². The Morgan fingerprint density at radius 1 is 0.850 bits per heavy atom. The lowest BCUT2D eigenvalue weighted by Gasteiger charge is -2.41. The van der Waals surface area contributed by atoms with Gasteiger partial charge >= 0.3 is 0 Å². The summed E-state index contributed by atoms with van der Waals surface area (Å²) in [4.78, 5) is 45.0. The van der Waals surface area contributed by atoms with Crippen molar-refractivity contribution in [1.82, 2.24) is 20.0 Å². The van der Waals surface area contributed by atoms with Crippen molar-refractivity contribution in [2.45, 2.75) is 18.5 Å². The number of rotatable bonds is 8. The van der Waals surface area contributed by atoms with Crippen molar-refractivity contribution in [2.24, 2.45) is 0 Å². The number of piperazine rings is 2. The lowest BCUT2D eigenvalue weighted by Crippen LogP contribution is -2.60. The van der Waals surface area contributed by atoms with Crippen LogP contribution in [0.4, 0.5) is 5.69 Å². The van der Waals surface area contributed by atoms with Crippen LogP contribution in [0.5, 0.6) is 0 Å². The zero-order valence-electron chi connectivity index (χ0n) is 22.3. The van der Waals surface area contributed by atoms with E-state index in [1.807, 2.05) is 12.1 Å². The average molecular weight is 560 g/mol. The quantitative estimate of drug-likeness (QED) is 0.442. The molecule has 0 bridgehead atoms. The molecule has 8 nitrogen and oxygen atoms in total. The van der Waals surface area contributed by atoms with Crippen molar-refractivity contribution in [1.29, 1.82) is 0 Å². The van der Waals surface area contributed by atoms with E-state index in [-0.39, 0.29) is 36.7 Å². The molecule has 2 aliphatic rings. The third kappa shape index (κ3) is 6.70. The Hall–Kier alpha value is -3.72. The SMILES string of the molecule is O=C(C[C@@H]1C(=O)NCCN1C(=O)CN1CCN(C(c2ccccc2)c2ccccc2)CC1)Nc1ccccc1Cl. The summed E-state index contributed by atoms with van der Waals surface area (Å²) in [6.45, 7) is 4.05. The Morgan fingerprint density at radius 3 is 2.08 bits per heavy atom. The molecule has 3 aromatic rings. The molecule has 2 heterocycles. The molecular formula is C31H34ClN5O3. The lowest BCUT2D eigenvalue weighted by atomic mass is 9.96. The van der Waals surface area contributed by atoms with Gasteiger partial charge in [0.2, 0.25) is 17.7 Å². The summed E-state index contributed by atoms with van der Waals surface area (Å²) in [6, 6.07) is 27.2. The molecule has 0 aromatic heterocycles. The van der Waals surface area contributed by atoms with Gasteiger partial charge in [0.25, 0.3) is 0 Å². The van der Waals surface area contributed by atoms with Crippen molar-refractivity contribution in [3.63, 3.8) is 0 Å². The monoisotopic (exact) mass is 559 g/mol. The first-order chi connectivity index (χ1) is 19.5. The molecule has 3 aromatic carbocycles. The highest BCUT2D eigenvalue weighted by Gasteiger charge is 2.36. The van der Waals surface area contributed by atoms with Gasteiger partial charge < -0.3 is 15.5 Å². The molecule has 0 saturated carbocycles. The van der Waals surface area contributed by atoms with Gasteiger partial charge in [-0.3, -0.25) is 24.2 Å².